The van der Waals surface area contributed by atoms with Crippen molar-refractivity contribution < 1.29 is 0 Å². The summed E-state index contributed by atoms with van der Waals surface area (Å²) >= 11 is 0. The lowest BCUT2D eigenvalue weighted by Gasteiger charge is -2.37. The first-order valence-electron chi connectivity index (χ1n) is 6.41. The highest BCUT2D eigenvalue weighted by atomic mass is 15.3. The van der Waals surface area contributed by atoms with Crippen molar-refractivity contribution in [2.75, 3.05) is 33.2 Å². The minimum Gasteiger partial charge on any atom is -0.304 e. The summed E-state index contributed by atoms with van der Waals surface area (Å²) in [5.74, 6) is 0.269. The maximum absolute atomic E-state index is 9.39. The Kier molecular flexibility index (Phi) is 6.00. The van der Waals surface area contributed by atoms with Gasteiger partial charge >= 0.3 is 0 Å². The fourth-order valence-corrected chi connectivity index (χ4v) is 2.37. The third-order valence-corrected chi connectivity index (χ3v) is 3.42. The molecule has 0 amide bonds. The van der Waals surface area contributed by atoms with Crippen LogP contribution in [-0.4, -0.2) is 49.1 Å². The lowest BCUT2D eigenvalue weighted by Crippen LogP contribution is -2.50. The van der Waals surface area contributed by atoms with Crippen molar-refractivity contribution in [2.45, 2.75) is 25.8 Å². The molecule has 3 heteroatoms. The van der Waals surface area contributed by atoms with Crippen LogP contribution in [0.3, 0.4) is 0 Å². The van der Waals surface area contributed by atoms with E-state index in [0.29, 0.717) is 0 Å². The second-order valence-corrected chi connectivity index (χ2v) is 4.74. The standard InChI is InChI=1S/C14H23N3/c1-4-6-13(7-5-2)14(12-15)17-10-8-16(3)9-11-17/h6,13-14H,1,5,7-11H2,2-3H3. The van der Waals surface area contributed by atoms with Crippen molar-refractivity contribution >= 4 is 0 Å². The van der Waals surface area contributed by atoms with E-state index in [9.17, 15) is 5.26 Å². The van der Waals surface area contributed by atoms with Crippen LogP contribution in [0.25, 0.3) is 0 Å². The Bertz CT molecular complexity index is 304. The third kappa shape index (κ3) is 4.02. The zero-order valence-electron chi connectivity index (χ0n) is 11.0. The number of hydrogen-bond donors (Lipinski definition) is 0. The average molecular weight is 233 g/mol. The van der Waals surface area contributed by atoms with Crippen molar-refractivity contribution in [3.63, 3.8) is 0 Å². The summed E-state index contributed by atoms with van der Waals surface area (Å²) < 4.78 is 0. The lowest BCUT2D eigenvalue weighted by atomic mass is 9.94. The predicted molar refractivity (Wildman–Crippen MR) is 70.6 cm³/mol. The molecule has 0 N–H and O–H groups in total. The first-order valence-corrected chi connectivity index (χ1v) is 6.41. The number of nitrogens with zero attached hydrogens (tertiary/aromatic N) is 3. The molecular weight excluding hydrogens is 210 g/mol. The van der Waals surface area contributed by atoms with Crippen LogP contribution in [0.15, 0.2) is 18.4 Å². The van der Waals surface area contributed by atoms with Crippen LogP contribution in [0.4, 0.5) is 0 Å². The molecule has 1 fully saturated rings. The molecule has 0 aliphatic carbocycles. The normalized spacial score (nSPS) is 21.2. The van der Waals surface area contributed by atoms with Gasteiger partial charge in [0.05, 0.1) is 6.07 Å². The largest absolute Gasteiger partial charge is 0.304 e. The number of likely N-dealkylation sites (N-methyl/N-ethyl adjacent to an activating group) is 1. The predicted octanol–water partition coefficient (Wildman–Crippen LogP) is 1.88. The number of hydrogen-bond acceptors (Lipinski definition) is 3. The Morgan fingerprint density at radius 2 is 2.00 bits per heavy atom. The monoisotopic (exact) mass is 233 g/mol. The molecule has 0 spiro atoms. The molecule has 1 heterocycles. The molecule has 1 rings (SSSR count). The smallest absolute Gasteiger partial charge is 0.105 e. The van der Waals surface area contributed by atoms with E-state index in [4.69, 9.17) is 0 Å². The summed E-state index contributed by atoms with van der Waals surface area (Å²) in [5.41, 5.74) is 2.85. The molecule has 0 saturated carbocycles. The third-order valence-electron chi connectivity index (χ3n) is 3.42. The van der Waals surface area contributed by atoms with Gasteiger partial charge in [-0.25, -0.2) is 0 Å². The van der Waals surface area contributed by atoms with Gasteiger partial charge in [-0.2, -0.15) is 5.26 Å². The molecule has 0 aromatic carbocycles. The van der Waals surface area contributed by atoms with Crippen LogP contribution in [0.2, 0.25) is 0 Å². The highest BCUT2D eigenvalue weighted by molar-refractivity contribution is 5.04. The molecule has 1 aliphatic heterocycles. The Balaban J connectivity index is 2.68. The highest BCUT2D eigenvalue weighted by Crippen LogP contribution is 2.19. The van der Waals surface area contributed by atoms with Crippen molar-refractivity contribution in [1.82, 2.24) is 9.80 Å². The van der Waals surface area contributed by atoms with Gasteiger partial charge in [0.15, 0.2) is 0 Å². The fraction of sp³-hybridized carbons (Fsp3) is 0.714. The van der Waals surface area contributed by atoms with E-state index in [1.807, 2.05) is 6.08 Å². The first kappa shape index (κ1) is 14.0. The molecule has 17 heavy (non-hydrogen) atoms. The van der Waals surface area contributed by atoms with Gasteiger partial charge in [0.25, 0.3) is 0 Å². The van der Waals surface area contributed by atoms with Crippen LogP contribution in [0.1, 0.15) is 19.8 Å². The van der Waals surface area contributed by atoms with E-state index in [-0.39, 0.29) is 12.0 Å². The van der Waals surface area contributed by atoms with E-state index in [1.165, 1.54) is 0 Å². The topological polar surface area (TPSA) is 30.3 Å². The molecule has 3 nitrogen and oxygen atoms in total. The summed E-state index contributed by atoms with van der Waals surface area (Å²) in [6.45, 7) is 9.87. The maximum Gasteiger partial charge on any atom is 0.105 e. The molecule has 1 aliphatic rings. The van der Waals surface area contributed by atoms with E-state index in [0.717, 1.165) is 39.0 Å². The van der Waals surface area contributed by atoms with Gasteiger partial charge in [-0.1, -0.05) is 19.9 Å². The SMILES string of the molecule is C=C=CC(CCC)C(C#N)N1CCN(C)CC1. The van der Waals surface area contributed by atoms with Crippen LogP contribution < -0.4 is 0 Å². The van der Waals surface area contributed by atoms with E-state index in [2.05, 4.69) is 42.2 Å². The van der Waals surface area contributed by atoms with Crippen LogP contribution in [-0.2, 0) is 0 Å². The molecule has 0 aromatic heterocycles. The first-order chi connectivity index (χ1) is 8.22. The molecular formula is C14H23N3. The molecule has 2 atom stereocenters. The number of nitriles is 1. The van der Waals surface area contributed by atoms with Crippen molar-refractivity contribution in [3.8, 4) is 6.07 Å². The second-order valence-electron chi connectivity index (χ2n) is 4.74. The maximum atomic E-state index is 9.39. The summed E-state index contributed by atoms with van der Waals surface area (Å²) in [5, 5.41) is 9.39. The van der Waals surface area contributed by atoms with Crippen molar-refractivity contribution in [2.24, 2.45) is 5.92 Å². The van der Waals surface area contributed by atoms with Gasteiger partial charge in [0, 0.05) is 32.1 Å². The molecule has 0 radical (unpaired) electrons. The minimum absolute atomic E-state index is 0.0158. The van der Waals surface area contributed by atoms with E-state index < -0.39 is 0 Å². The van der Waals surface area contributed by atoms with Gasteiger partial charge in [0.1, 0.15) is 6.04 Å². The zero-order valence-corrected chi connectivity index (χ0v) is 11.0. The van der Waals surface area contributed by atoms with Gasteiger partial charge in [0.2, 0.25) is 0 Å². The number of rotatable bonds is 5. The molecule has 0 aromatic rings. The Morgan fingerprint density at radius 3 is 2.47 bits per heavy atom. The van der Waals surface area contributed by atoms with Crippen LogP contribution in [0.5, 0.6) is 0 Å². The molecule has 0 bridgehead atoms. The minimum atomic E-state index is -0.0158. The lowest BCUT2D eigenvalue weighted by molar-refractivity contribution is 0.113. The summed E-state index contributed by atoms with van der Waals surface area (Å²) in [6, 6.07) is 2.45. The van der Waals surface area contributed by atoms with E-state index >= 15 is 0 Å². The van der Waals surface area contributed by atoms with Crippen LogP contribution >= 0.6 is 0 Å². The zero-order chi connectivity index (χ0) is 12.7. The number of piperazine rings is 1. The highest BCUT2D eigenvalue weighted by Gasteiger charge is 2.27. The Labute approximate surface area is 105 Å². The molecule has 2 unspecified atom stereocenters. The fourth-order valence-electron chi connectivity index (χ4n) is 2.37. The Hall–Kier alpha value is -1.07. The van der Waals surface area contributed by atoms with Gasteiger partial charge < -0.3 is 4.90 Å². The quantitative estimate of drug-likeness (QED) is 0.679. The van der Waals surface area contributed by atoms with Gasteiger partial charge in [-0.05, 0) is 19.5 Å². The second kappa shape index (κ2) is 7.29. The molecule has 1 saturated heterocycles. The summed E-state index contributed by atoms with van der Waals surface area (Å²) in [7, 11) is 2.13. The average Bonchev–Trinajstić information content (AvgIpc) is 2.33. The summed E-state index contributed by atoms with van der Waals surface area (Å²) in [4.78, 5) is 4.61. The van der Waals surface area contributed by atoms with Crippen molar-refractivity contribution in [1.29, 1.82) is 5.26 Å². The Morgan fingerprint density at radius 1 is 1.35 bits per heavy atom. The van der Waals surface area contributed by atoms with E-state index in [1.54, 1.807) is 0 Å². The van der Waals surface area contributed by atoms with Gasteiger partial charge in [-0.3, -0.25) is 4.90 Å². The van der Waals surface area contributed by atoms with Gasteiger partial charge in [-0.15, -0.1) is 5.73 Å². The summed E-state index contributed by atoms with van der Waals surface area (Å²) in [6.07, 6.45) is 4.09. The van der Waals surface area contributed by atoms with Crippen molar-refractivity contribution in [3.05, 3.63) is 18.4 Å². The van der Waals surface area contributed by atoms with Crippen LogP contribution in [0, 0.1) is 17.2 Å². The molecule has 94 valence electrons.